The molecule has 0 atom stereocenters. The van der Waals surface area contributed by atoms with E-state index in [0.717, 1.165) is 18.4 Å². The first kappa shape index (κ1) is 15.0. The molecule has 0 saturated carbocycles. The zero-order chi connectivity index (χ0) is 12.7. The first-order valence-corrected chi connectivity index (χ1v) is 7.53. The zero-order valence-electron chi connectivity index (χ0n) is 12.3. The van der Waals surface area contributed by atoms with Crippen molar-refractivity contribution in [2.75, 3.05) is 26.2 Å². The van der Waals surface area contributed by atoms with Crippen LogP contribution >= 0.6 is 0 Å². The molecule has 1 fully saturated rings. The molecule has 2 nitrogen and oxygen atoms in total. The lowest BCUT2D eigenvalue weighted by Gasteiger charge is -2.32. The first-order chi connectivity index (χ1) is 8.08. The van der Waals surface area contributed by atoms with E-state index in [1.165, 1.54) is 45.3 Å². The van der Waals surface area contributed by atoms with Gasteiger partial charge in [-0.05, 0) is 37.8 Å². The predicted molar refractivity (Wildman–Crippen MR) is 76.4 cm³/mol. The summed E-state index contributed by atoms with van der Waals surface area (Å²) in [4.78, 5) is 2.63. The van der Waals surface area contributed by atoms with Crippen LogP contribution in [0.3, 0.4) is 0 Å². The van der Waals surface area contributed by atoms with Gasteiger partial charge in [0, 0.05) is 19.1 Å². The Morgan fingerprint density at radius 2 is 1.76 bits per heavy atom. The number of hydrogen-bond donors (Lipinski definition) is 1. The topological polar surface area (TPSA) is 15.3 Å². The van der Waals surface area contributed by atoms with Crippen molar-refractivity contribution in [1.82, 2.24) is 10.2 Å². The standard InChI is InChI=1S/C15H32N2/c1-13(2)5-6-15-7-10-17(11-8-15)12-9-16-14(3)4/h13-16H,5-12H2,1-4H3. The smallest absolute Gasteiger partial charge is 0.0107 e. The Bertz CT molecular complexity index is 181. The van der Waals surface area contributed by atoms with Gasteiger partial charge in [-0.2, -0.15) is 0 Å². The van der Waals surface area contributed by atoms with Crippen LogP contribution in [0.2, 0.25) is 0 Å². The van der Waals surface area contributed by atoms with E-state index in [0.29, 0.717) is 6.04 Å². The monoisotopic (exact) mass is 240 g/mol. The van der Waals surface area contributed by atoms with Crippen molar-refractivity contribution in [3.63, 3.8) is 0 Å². The number of hydrogen-bond acceptors (Lipinski definition) is 2. The highest BCUT2D eigenvalue weighted by molar-refractivity contribution is 4.73. The Morgan fingerprint density at radius 1 is 1.12 bits per heavy atom. The second-order valence-electron chi connectivity index (χ2n) is 6.37. The predicted octanol–water partition coefficient (Wildman–Crippen LogP) is 3.13. The quantitative estimate of drug-likeness (QED) is 0.735. The Morgan fingerprint density at radius 3 is 2.29 bits per heavy atom. The number of piperidine rings is 1. The van der Waals surface area contributed by atoms with Gasteiger partial charge in [0.25, 0.3) is 0 Å². The number of nitrogens with one attached hydrogen (secondary N) is 1. The van der Waals surface area contributed by atoms with Gasteiger partial charge >= 0.3 is 0 Å². The molecule has 0 aromatic rings. The van der Waals surface area contributed by atoms with E-state index in [1.807, 2.05) is 0 Å². The van der Waals surface area contributed by atoms with Gasteiger partial charge in [0.2, 0.25) is 0 Å². The molecule has 1 aliphatic heterocycles. The summed E-state index contributed by atoms with van der Waals surface area (Å²) in [6, 6.07) is 0.624. The van der Waals surface area contributed by atoms with Crippen LogP contribution in [-0.2, 0) is 0 Å². The van der Waals surface area contributed by atoms with Crippen LogP contribution in [0, 0.1) is 11.8 Å². The maximum atomic E-state index is 3.50. The van der Waals surface area contributed by atoms with Crippen molar-refractivity contribution in [3.05, 3.63) is 0 Å². The van der Waals surface area contributed by atoms with Crippen molar-refractivity contribution in [1.29, 1.82) is 0 Å². The SMILES string of the molecule is CC(C)CCC1CCN(CCNC(C)C)CC1. The van der Waals surface area contributed by atoms with Gasteiger partial charge in [-0.15, -0.1) is 0 Å². The fourth-order valence-electron chi connectivity index (χ4n) is 2.58. The van der Waals surface area contributed by atoms with Gasteiger partial charge in [-0.1, -0.05) is 40.5 Å². The molecule has 1 N–H and O–H groups in total. The van der Waals surface area contributed by atoms with Crippen LogP contribution in [0.25, 0.3) is 0 Å². The molecule has 0 amide bonds. The average molecular weight is 240 g/mol. The molecular formula is C15H32N2. The van der Waals surface area contributed by atoms with Gasteiger partial charge in [-0.3, -0.25) is 0 Å². The number of nitrogens with zero attached hydrogens (tertiary/aromatic N) is 1. The van der Waals surface area contributed by atoms with Crippen molar-refractivity contribution < 1.29 is 0 Å². The van der Waals surface area contributed by atoms with Gasteiger partial charge in [-0.25, -0.2) is 0 Å². The largest absolute Gasteiger partial charge is 0.313 e. The molecule has 0 aromatic heterocycles. The molecule has 1 saturated heterocycles. The van der Waals surface area contributed by atoms with Gasteiger partial charge < -0.3 is 10.2 Å². The lowest BCUT2D eigenvalue weighted by molar-refractivity contribution is 0.174. The van der Waals surface area contributed by atoms with E-state index >= 15 is 0 Å². The summed E-state index contributed by atoms with van der Waals surface area (Å²) in [5.41, 5.74) is 0. The molecule has 0 spiro atoms. The lowest BCUT2D eigenvalue weighted by Crippen LogP contribution is -2.39. The maximum absolute atomic E-state index is 3.50. The molecule has 1 rings (SSSR count). The molecule has 0 bridgehead atoms. The van der Waals surface area contributed by atoms with Crippen molar-refractivity contribution in [2.45, 2.75) is 59.4 Å². The molecular weight excluding hydrogens is 208 g/mol. The highest BCUT2D eigenvalue weighted by atomic mass is 15.1. The number of rotatable bonds is 7. The third kappa shape index (κ3) is 7.05. The summed E-state index contributed by atoms with van der Waals surface area (Å²) in [6.45, 7) is 14.1. The van der Waals surface area contributed by atoms with Gasteiger partial charge in [0.15, 0.2) is 0 Å². The molecule has 2 heteroatoms. The molecule has 0 unspecified atom stereocenters. The van der Waals surface area contributed by atoms with Crippen LogP contribution in [0.15, 0.2) is 0 Å². The fourth-order valence-corrected chi connectivity index (χ4v) is 2.58. The summed E-state index contributed by atoms with van der Waals surface area (Å²) in [5, 5.41) is 3.50. The first-order valence-electron chi connectivity index (χ1n) is 7.53. The van der Waals surface area contributed by atoms with Crippen LogP contribution in [-0.4, -0.2) is 37.1 Å². The third-order valence-electron chi connectivity index (χ3n) is 3.84. The summed E-state index contributed by atoms with van der Waals surface area (Å²) < 4.78 is 0. The highest BCUT2D eigenvalue weighted by Gasteiger charge is 2.18. The van der Waals surface area contributed by atoms with Crippen molar-refractivity contribution in [2.24, 2.45) is 11.8 Å². The summed E-state index contributed by atoms with van der Waals surface area (Å²) in [5.74, 6) is 1.88. The second-order valence-corrected chi connectivity index (χ2v) is 6.37. The lowest BCUT2D eigenvalue weighted by atomic mass is 9.90. The Labute approximate surface area is 108 Å². The average Bonchev–Trinajstić information content (AvgIpc) is 2.27. The van der Waals surface area contributed by atoms with Crippen LogP contribution in [0.4, 0.5) is 0 Å². The van der Waals surface area contributed by atoms with Crippen LogP contribution in [0.5, 0.6) is 0 Å². The van der Waals surface area contributed by atoms with E-state index in [-0.39, 0.29) is 0 Å². The van der Waals surface area contributed by atoms with Crippen LogP contribution in [0.1, 0.15) is 53.4 Å². The summed E-state index contributed by atoms with van der Waals surface area (Å²) in [6.07, 6.45) is 5.72. The van der Waals surface area contributed by atoms with E-state index < -0.39 is 0 Å². The normalized spacial score (nSPS) is 19.4. The Hall–Kier alpha value is -0.0800. The van der Waals surface area contributed by atoms with Crippen molar-refractivity contribution in [3.8, 4) is 0 Å². The molecule has 0 aromatic carbocycles. The maximum Gasteiger partial charge on any atom is 0.0107 e. The minimum absolute atomic E-state index is 0.624. The van der Waals surface area contributed by atoms with Gasteiger partial charge in [0.05, 0.1) is 0 Å². The van der Waals surface area contributed by atoms with E-state index in [9.17, 15) is 0 Å². The second kappa shape index (κ2) is 8.10. The summed E-state index contributed by atoms with van der Waals surface area (Å²) >= 11 is 0. The highest BCUT2D eigenvalue weighted by Crippen LogP contribution is 2.23. The van der Waals surface area contributed by atoms with E-state index in [4.69, 9.17) is 0 Å². The summed E-state index contributed by atoms with van der Waals surface area (Å²) in [7, 11) is 0. The molecule has 0 radical (unpaired) electrons. The van der Waals surface area contributed by atoms with E-state index in [1.54, 1.807) is 0 Å². The van der Waals surface area contributed by atoms with Crippen molar-refractivity contribution >= 4 is 0 Å². The molecule has 1 heterocycles. The molecule has 0 aliphatic carbocycles. The minimum atomic E-state index is 0.624. The van der Waals surface area contributed by atoms with E-state index in [2.05, 4.69) is 37.9 Å². The van der Waals surface area contributed by atoms with Crippen LogP contribution < -0.4 is 5.32 Å². The third-order valence-corrected chi connectivity index (χ3v) is 3.84. The Kier molecular flexibility index (Phi) is 7.14. The Balaban J connectivity index is 2.05. The molecule has 17 heavy (non-hydrogen) atoms. The minimum Gasteiger partial charge on any atom is -0.313 e. The fraction of sp³-hybridized carbons (Fsp3) is 1.00. The zero-order valence-corrected chi connectivity index (χ0v) is 12.3. The van der Waals surface area contributed by atoms with Gasteiger partial charge in [0.1, 0.15) is 0 Å². The molecule has 102 valence electrons. The molecule has 1 aliphatic rings. The number of likely N-dealkylation sites (tertiary alicyclic amines) is 1.